The van der Waals surface area contributed by atoms with Crippen molar-refractivity contribution in [2.45, 2.75) is 45.3 Å². The lowest BCUT2D eigenvalue weighted by Gasteiger charge is -2.27. The van der Waals surface area contributed by atoms with Gasteiger partial charge in [0.1, 0.15) is 0 Å². The van der Waals surface area contributed by atoms with Crippen LogP contribution in [0.15, 0.2) is 0 Å². The molecule has 1 rings (SSSR count). The summed E-state index contributed by atoms with van der Waals surface area (Å²) in [7, 11) is 1.73. The van der Waals surface area contributed by atoms with Gasteiger partial charge in [-0.25, -0.2) is 0 Å². The molecule has 0 aromatic rings. The van der Waals surface area contributed by atoms with E-state index < -0.39 is 0 Å². The van der Waals surface area contributed by atoms with E-state index in [-0.39, 0.29) is 11.2 Å². The van der Waals surface area contributed by atoms with Gasteiger partial charge in [0.2, 0.25) is 0 Å². The van der Waals surface area contributed by atoms with Crippen molar-refractivity contribution in [2.75, 3.05) is 26.8 Å². The Morgan fingerprint density at radius 1 is 1.33 bits per heavy atom. The highest BCUT2D eigenvalue weighted by atomic mass is 16.5. The van der Waals surface area contributed by atoms with Crippen LogP contribution in [0.3, 0.4) is 0 Å². The lowest BCUT2D eigenvalue weighted by Crippen LogP contribution is -2.36. The second kappa shape index (κ2) is 4.81. The van der Waals surface area contributed by atoms with Crippen LogP contribution in [-0.2, 0) is 9.47 Å². The molecular formula is C12H25NO2. The van der Waals surface area contributed by atoms with Gasteiger partial charge in [-0.2, -0.15) is 0 Å². The van der Waals surface area contributed by atoms with E-state index in [0.717, 1.165) is 26.1 Å². The molecule has 3 nitrogen and oxygen atoms in total. The number of methoxy groups -OCH3 is 1. The van der Waals surface area contributed by atoms with Crippen LogP contribution >= 0.6 is 0 Å². The van der Waals surface area contributed by atoms with Gasteiger partial charge in [-0.3, -0.25) is 0 Å². The molecule has 0 aliphatic carbocycles. The predicted molar refractivity (Wildman–Crippen MR) is 62.1 cm³/mol. The molecule has 1 saturated heterocycles. The van der Waals surface area contributed by atoms with Crippen LogP contribution in [0.5, 0.6) is 0 Å². The van der Waals surface area contributed by atoms with Gasteiger partial charge in [-0.05, 0) is 34.1 Å². The van der Waals surface area contributed by atoms with Crippen molar-refractivity contribution in [1.82, 2.24) is 5.32 Å². The Labute approximate surface area is 93.5 Å². The zero-order chi connectivity index (χ0) is 11.5. The van der Waals surface area contributed by atoms with Gasteiger partial charge in [0.25, 0.3) is 0 Å². The van der Waals surface area contributed by atoms with Crippen molar-refractivity contribution in [1.29, 1.82) is 0 Å². The zero-order valence-corrected chi connectivity index (χ0v) is 10.7. The molecule has 1 heterocycles. The first-order chi connectivity index (χ1) is 6.87. The van der Waals surface area contributed by atoms with Crippen LogP contribution in [0.25, 0.3) is 0 Å². The molecule has 90 valence electrons. The first-order valence-electron chi connectivity index (χ1n) is 5.77. The molecule has 0 amide bonds. The maximum Gasteiger partial charge on any atom is 0.0674 e. The van der Waals surface area contributed by atoms with Crippen LogP contribution in [0.1, 0.15) is 34.1 Å². The second-order valence-corrected chi connectivity index (χ2v) is 5.56. The zero-order valence-electron chi connectivity index (χ0n) is 10.7. The molecule has 1 fully saturated rings. The van der Waals surface area contributed by atoms with Crippen LogP contribution in [-0.4, -0.2) is 38.0 Å². The van der Waals surface area contributed by atoms with E-state index in [2.05, 4.69) is 33.0 Å². The molecule has 0 saturated carbocycles. The molecule has 0 bridgehead atoms. The predicted octanol–water partition coefficient (Wildman–Crippen LogP) is 1.82. The van der Waals surface area contributed by atoms with Crippen molar-refractivity contribution in [3.05, 3.63) is 0 Å². The van der Waals surface area contributed by atoms with E-state index in [4.69, 9.17) is 9.47 Å². The topological polar surface area (TPSA) is 30.5 Å². The Kier molecular flexibility index (Phi) is 4.15. The Morgan fingerprint density at radius 3 is 2.47 bits per heavy atom. The standard InChI is InChI=1S/C12H25NO2/c1-11(2)8-10(12(3,4)15-11)9-13-6-7-14-5/h10,13H,6-9H2,1-5H3. The largest absolute Gasteiger partial charge is 0.383 e. The average molecular weight is 215 g/mol. The Bertz CT molecular complexity index is 202. The second-order valence-electron chi connectivity index (χ2n) is 5.56. The van der Waals surface area contributed by atoms with Gasteiger partial charge in [-0.1, -0.05) is 0 Å². The maximum atomic E-state index is 6.03. The van der Waals surface area contributed by atoms with Gasteiger partial charge in [0, 0.05) is 26.1 Å². The van der Waals surface area contributed by atoms with Crippen molar-refractivity contribution in [3.8, 4) is 0 Å². The number of rotatable bonds is 5. The summed E-state index contributed by atoms with van der Waals surface area (Å²) in [5, 5.41) is 3.42. The molecule has 1 aliphatic heterocycles. The molecule has 0 spiro atoms. The van der Waals surface area contributed by atoms with Gasteiger partial charge in [0.15, 0.2) is 0 Å². The van der Waals surface area contributed by atoms with E-state index >= 15 is 0 Å². The summed E-state index contributed by atoms with van der Waals surface area (Å²) in [6, 6.07) is 0. The van der Waals surface area contributed by atoms with Crippen molar-refractivity contribution >= 4 is 0 Å². The van der Waals surface area contributed by atoms with Crippen LogP contribution in [0.2, 0.25) is 0 Å². The van der Waals surface area contributed by atoms with Crippen molar-refractivity contribution < 1.29 is 9.47 Å². The third-order valence-corrected chi connectivity index (χ3v) is 3.13. The minimum absolute atomic E-state index is 0.0103. The van der Waals surface area contributed by atoms with Crippen LogP contribution in [0, 0.1) is 5.92 Å². The molecule has 0 radical (unpaired) electrons. The van der Waals surface area contributed by atoms with Crippen LogP contribution < -0.4 is 5.32 Å². The molecule has 3 heteroatoms. The highest BCUT2D eigenvalue weighted by Gasteiger charge is 2.45. The summed E-state index contributed by atoms with van der Waals surface area (Å²) in [6.07, 6.45) is 1.12. The molecule has 0 aromatic carbocycles. The Hall–Kier alpha value is -0.120. The Balaban J connectivity index is 2.35. The first-order valence-corrected chi connectivity index (χ1v) is 5.77. The molecule has 1 atom stereocenters. The molecule has 1 N–H and O–H groups in total. The SMILES string of the molecule is COCCNCC1CC(C)(C)OC1(C)C. The lowest BCUT2D eigenvalue weighted by molar-refractivity contribution is -0.0743. The van der Waals surface area contributed by atoms with Gasteiger partial charge < -0.3 is 14.8 Å². The number of hydrogen-bond donors (Lipinski definition) is 1. The van der Waals surface area contributed by atoms with E-state index in [1.807, 2.05) is 0 Å². The van der Waals surface area contributed by atoms with Crippen molar-refractivity contribution in [3.63, 3.8) is 0 Å². The smallest absolute Gasteiger partial charge is 0.0674 e. The van der Waals surface area contributed by atoms with E-state index in [1.165, 1.54) is 0 Å². The minimum atomic E-state index is -0.0103. The maximum absolute atomic E-state index is 6.03. The van der Waals surface area contributed by atoms with E-state index in [1.54, 1.807) is 7.11 Å². The summed E-state index contributed by atoms with van der Waals surface area (Å²) in [5.74, 6) is 0.587. The van der Waals surface area contributed by atoms with Crippen molar-refractivity contribution in [2.24, 2.45) is 5.92 Å². The summed E-state index contributed by atoms with van der Waals surface area (Å²) in [6.45, 7) is 11.4. The summed E-state index contributed by atoms with van der Waals surface area (Å²) < 4.78 is 11.0. The first kappa shape index (κ1) is 12.9. The quantitative estimate of drug-likeness (QED) is 0.710. The molecule has 1 unspecified atom stereocenters. The highest BCUT2D eigenvalue weighted by molar-refractivity contribution is 4.94. The average Bonchev–Trinajstić information content (AvgIpc) is 2.28. The van der Waals surface area contributed by atoms with E-state index in [9.17, 15) is 0 Å². The molecule has 15 heavy (non-hydrogen) atoms. The minimum Gasteiger partial charge on any atom is -0.383 e. The Morgan fingerprint density at radius 2 is 2.00 bits per heavy atom. The third kappa shape index (κ3) is 3.74. The van der Waals surface area contributed by atoms with E-state index in [0.29, 0.717) is 5.92 Å². The highest BCUT2D eigenvalue weighted by Crippen LogP contribution is 2.41. The number of hydrogen-bond acceptors (Lipinski definition) is 3. The fourth-order valence-corrected chi connectivity index (χ4v) is 2.44. The van der Waals surface area contributed by atoms with Crippen LogP contribution in [0.4, 0.5) is 0 Å². The molecule has 0 aromatic heterocycles. The van der Waals surface area contributed by atoms with Gasteiger partial charge >= 0.3 is 0 Å². The lowest BCUT2D eigenvalue weighted by atomic mass is 9.87. The van der Waals surface area contributed by atoms with Gasteiger partial charge in [0.05, 0.1) is 17.8 Å². The van der Waals surface area contributed by atoms with Gasteiger partial charge in [-0.15, -0.1) is 0 Å². The fourth-order valence-electron chi connectivity index (χ4n) is 2.44. The fraction of sp³-hybridized carbons (Fsp3) is 1.00. The third-order valence-electron chi connectivity index (χ3n) is 3.13. The number of ether oxygens (including phenoxy) is 2. The summed E-state index contributed by atoms with van der Waals surface area (Å²) in [4.78, 5) is 0. The summed E-state index contributed by atoms with van der Waals surface area (Å²) in [5.41, 5.74) is 0.0146. The monoisotopic (exact) mass is 215 g/mol. The molecular weight excluding hydrogens is 190 g/mol. The normalized spacial score (nSPS) is 28.2. The summed E-state index contributed by atoms with van der Waals surface area (Å²) >= 11 is 0. The molecule has 1 aliphatic rings. The number of nitrogens with one attached hydrogen (secondary N) is 1.